The van der Waals surface area contributed by atoms with E-state index < -0.39 is 0 Å². The van der Waals surface area contributed by atoms with Gasteiger partial charge in [0.05, 0.1) is 20.6 Å². The molecule has 0 bridgehead atoms. The normalized spacial score (nSPS) is 12.1. The van der Waals surface area contributed by atoms with Crippen molar-refractivity contribution in [1.29, 1.82) is 0 Å². The van der Waals surface area contributed by atoms with E-state index in [-0.39, 0.29) is 0 Å². The lowest BCUT2D eigenvalue weighted by Crippen LogP contribution is -2.38. The molecule has 3 aromatic carbocycles. The quantitative estimate of drug-likeness (QED) is 0.573. The largest absolute Gasteiger partial charge is 0.321 e. The third-order valence-corrected chi connectivity index (χ3v) is 4.19. The average molecular weight is 302 g/mol. The molecular formula is C22H24N+. The maximum atomic E-state index is 2.29. The summed E-state index contributed by atoms with van der Waals surface area (Å²) < 4.78 is 0.942. The van der Waals surface area contributed by atoms with Crippen LogP contribution in [0, 0.1) is 0 Å². The predicted molar refractivity (Wildman–Crippen MR) is 100 cm³/mol. The van der Waals surface area contributed by atoms with E-state index in [1.54, 1.807) is 0 Å². The summed E-state index contributed by atoms with van der Waals surface area (Å²) in [5.74, 6) is 0. The summed E-state index contributed by atoms with van der Waals surface area (Å²) in [5.41, 5.74) is 2.68. The minimum Gasteiger partial charge on any atom is -0.321 e. The van der Waals surface area contributed by atoms with Crippen molar-refractivity contribution < 1.29 is 4.48 Å². The van der Waals surface area contributed by atoms with Gasteiger partial charge in [-0.15, -0.1) is 0 Å². The van der Waals surface area contributed by atoms with E-state index in [0.29, 0.717) is 0 Å². The molecule has 0 spiro atoms. The third-order valence-electron chi connectivity index (χ3n) is 4.19. The first-order valence-corrected chi connectivity index (χ1v) is 8.14. The summed E-state index contributed by atoms with van der Waals surface area (Å²) in [6.07, 6.45) is 4.49. The van der Waals surface area contributed by atoms with Crippen molar-refractivity contribution in [3.8, 4) is 0 Å². The van der Waals surface area contributed by atoms with E-state index in [4.69, 9.17) is 0 Å². The fraction of sp³-hybridized carbons (Fsp3) is 0.182. The summed E-state index contributed by atoms with van der Waals surface area (Å²) in [7, 11) is 4.58. The number of likely N-dealkylation sites (N-methyl/N-ethyl adjacent to an activating group) is 1. The van der Waals surface area contributed by atoms with Gasteiger partial charge in [0.15, 0.2) is 0 Å². The van der Waals surface area contributed by atoms with Gasteiger partial charge in [-0.05, 0) is 22.4 Å². The van der Waals surface area contributed by atoms with Crippen LogP contribution in [0.25, 0.3) is 16.8 Å². The minimum atomic E-state index is 0.942. The van der Waals surface area contributed by atoms with Crippen molar-refractivity contribution in [3.05, 3.63) is 90.0 Å². The molecule has 0 amide bonds. The maximum Gasteiger partial charge on any atom is 0.105 e. The van der Waals surface area contributed by atoms with E-state index >= 15 is 0 Å². The molecule has 0 atom stereocenters. The van der Waals surface area contributed by atoms with Gasteiger partial charge in [-0.2, -0.15) is 0 Å². The molecule has 3 aromatic rings. The minimum absolute atomic E-state index is 0.942. The Morgan fingerprint density at radius 1 is 0.783 bits per heavy atom. The summed E-state index contributed by atoms with van der Waals surface area (Å²) >= 11 is 0. The summed E-state index contributed by atoms with van der Waals surface area (Å²) in [4.78, 5) is 0. The van der Waals surface area contributed by atoms with Crippen LogP contribution in [0.3, 0.4) is 0 Å². The molecule has 116 valence electrons. The lowest BCUT2D eigenvalue weighted by atomic mass is 10.0. The Balaban J connectivity index is 1.74. The predicted octanol–water partition coefficient (Wildman–Crippen LogP) is 5.13. The van der Waals surface area contributed by atoms with Crippen LogP contribution in [0.1, 0.15) is 11.1 Å². The molecule has 0 radical (unpaired) electrons. The molecule has 23 heavy (non-hydrogen) atoms. The van der Waals surface area contributed by atoms with Crippen LogP contribution >= 0.6 is 0 Å². The van der Waals surface area contributed by atoms with Crippen molar-refractivity contribution >= 4 is 16.8 Å². The Morgan fingerprint density at radius 3 is 2.30 bits per heavy atom. The Hall–Kier alpha value is -2.38. The number of quaternary nitrogens is 1. The first-order valence-electron chi connectivity index (χ1n) is 8.14. The van der Waals surface area contributed by atoms with E-state index in [2.05, 4.69) is 99.0 Å². The van der Waals surface area contributed by atoms with Crippen molar-refractivity contribution in [2.75, 3.05) is 20.6 Å². The van der Waals surface area contributed by atoms with Crippen molar-refractivity contribution in [1.82, 2.24) is 0 Å². The molecular weight excluding hydrogens is 278 g/mol. The van der Waals surface area contributed by atoms with Crippen molar-refractivity contribution in [3.63, 3.8) is 0 Å². The number of benzene rings is 3. The van der Waals surface area contributed by atoms with Gasteiger partial charge in [-0.25, -0.2) is 0 Å². The third kappa shape index (κ3) is 4.08. The number of hydrogen-bond donors (Lipinski definition) is 0. The highest BCUT2D eigenvalue weighted by atomic mass is 15.3. The zero-order chi connectivity index (χ0) is 16.1. The van der Waals surface area contributed by atoms with Crippen LogP contribution in [0.4, 0.5) is 0 Å². The highest BCUT2D eigenvalue weighted by Crippen LogP contribution is 2.21. The van der Waals surface area contributed by atoms with Gasteiger partial charge in [0, 0.05) is 5.56 Å². The molecule has 0 saturated carbocycles. The lowest BCUT2D eigenvalue weighted by Gasteiger charge is -2.29. The Bertz CT molecular complexity index is 795. The fourth-order valence-corrected chi connectivity index (χ4v) is 2.99. The Kier molecular flexibility index (Phi) is 4.59. The molecule has 0 aliphatic heterocycles. The van der Waals surface area contributed by atoms with Gasteiger partial charge in [-0.1, -0.05) is 78.9 Å². The number of hydrogen-bond acceptors (Lipinski definition) is 0. The van der Waals surface area contributed by atoms with Crippen molar-refractivity contribution in [2.24, 2.45) is 0 Å². The summed E-state index contributed by atoms with van der Waals surface area (Å²) in [6.45, 7) is 2.04. The molecule has 3 rings (SSSR count). The second-order valence-corrected chi connectivity index (χ2v) is 6.73. The summed E-state index contributed by atoms with van der Waals surface area (Å²) in [5, 5.41) is 2.69. The molecule has 0 heterocycles. The van der Waals surface area contributed by atoms with Crippen LogP contribution in [0.2, 0.25) is 0 Å². The molecule has 0 aliphatic rings. The van der Waals surface area contributed by atoms with Gasteiger partial charge in [-0.3, -0.25) is 0 Å². The molecule has 0 aromatic heterocycles. The number of nitrogens with zero attached hydrogens (tertiary/aromatic N) is 1. The smallest absolute Gasteiger partial charge is 0.105 e. The topological polar surface area (TPSA) is 0 Å². The molecule has 1 nitrogen and oxygen atoms in total. The monoisotopic (exact) mass is 302 g/mol. The Labute approximate surface area is 139 Å². The van der Waals surface area contributed by atoms with Gasteiger partial charge >= 0.3 is 0 Å². The maximum absolute atomic E-state index is 2.29. The fourth-order valence-electron chi connectivity index (χ4n) is 2.99. The zero-order valence-electron chi connectivity index (χ0n) is 13.9. The van der Waals surface area contributed by atoms with E-state index in [0.717, 1.165) is 17.6 Å². The SMILES string of the molecule is C[N+](C)(C/C=C/c1ccccc1)Cc1cccc2ccccc12. The number of rotatable bonds is 5. The van der Waals surface area contributed by atoms with Crippen LogP contribution in [-0.2, 0) is 6.54 Å². The lowest BCUT2D eigenvalue weighted by molar-refractivity contribution is -0.897. The van der Waals surface area contributed by atoms with E-state index in [1.165, 1.54) is 21.9 Å². The van der Waals surface area contributed by atoms with Gasteiger partial charge in [0.1, 0.15) is 6.54 Å². The van der Waals surface area contributed by atoms with Crippen LogP contribution < -0.4 is 0 Å². The first-order chi connectivity index (χ1) is 11.1. The van der Waals surface area contributed by atoms with Crippen LogP contribution in [0.15, 0.2) is 78.9 Å². The van der Waals surface area contributed by atoms with Crippen LogP contribution in [-0.4, -0.2) is 25.1 Å². The van der Waals surface area contributed by atoms with Gasteiger partial charge in [0.2, 0.25) is 0 Å². The average Bonchev–Trinajstić information content (AvgIpc) is 2.56. The molecule has 1 heteroatoms. The first kappa shape index (κ1) is 15.5. The second kappa shape index (κ2) is 6.80. The van der Waals surface area contributed by atoms with Crippen LogP contribution in [0.5, 0.6) is 0 Å². The highest BCUT2D eigenvalue weighted by molar-refractivity contribution is 5.85. The molecule has 0 aliphatic carbocycles. The molecule has 0 unspecified atom stereocenters. The highest BCUT2D eigenvalue weighted by Gasteiger charge is 2.15. The Morgan fingerprint density at radius 2 is 1.48 bits per heavy atom. The van der Waals surface area contributed by atoms with Gasteiger partial charge < -0.3 is 4.48 Å². The second-order valence-electron chi connectivity index (χ2n) is 6.73. The van der Waals surface area contributed by atoms with E-state index in [1.807, 2.05) is 0 Å². The van der Waals surface area contributed by atoms with Crippen molar-refractivity contribution in [2.45, 2.75) is 6.54 Å². The summed E-state index contributed by atoms with van der Waals surface area (Å²) in [6, 6.07) is 25.7. The molecule has 0 fully saturated rings. The standard InChI is InChI=1S/C22H24N/c1-23(2,17-9-12-19-10-4-3-5-11-19)18-21-15-8-14-20-13-6-7-16-22(20)21/h3-16H,17-18H2,1-2H3/q+1/b12-9+. The zero-order valence-corrected chi connectivity index (χ0v) is 13.9. The number of fused-ring (bicyclic) bond motifs is 1. The molecule has 0 N–H and O–H groups in total. The molecule has 0 saturated heterocycles. The van der Waals surface area contributed by atoms with Gasteiger partial charge in [0.25, 0.3) is 0 Å². The van der Waals surface area contributed by atoms with E-state index in [9.17, 15) is 0 Å².